The van der Waals surface area contributed by atoms with Gasteiger partial charge in [-0.15, -0.1) is 0 Å². The molecule has 3 aromatic rings. The molecule has 0 atom stereocenters. The number of allylic oxidation sites excluding steroid dienone is 2. The summed E-state index contributed by atoms with van der Waals surface area (Å²) in [5.41, 5.74) is 1.53. The van der Waals surface area contributed by atoms with Crippen molar-refractivity contribution >= 4 is 23.2 Å². The van der Waals surface area contributed by atoms with Gasteiger partial charge in [0.25, 0.3) is 0 Å². The molecular formula is C28H34ClP. The molecule has 158 valence electrons. The summed E-state index contributed by atoms with van der Waals surface area (Å²) in [6.07, 6.45) is 7.41. The van der Waals surface area contributed by atoms with Crippen LogP contribution in [0.2, 0.25) is 0 Å². The molecule has 3 aromatic carbocycles. The first-order valence-electron chi connectivity index (χ1n) is 10.8. The van der Waals surface area contributed by atoms with Gasteiger partial charge in [-0.25, -0.2) is 0 Å². The van der Waals surface area contributed by atoms with Gasteiger partial charge in [0.2, 0.25) is 0 Å². The third-order valence-electron chi connectivity index (χ3n) is 5.66. The van der Waals surface area contributed by atoms with E-state index in [1.165, 1.54) is 40.7 Å². The molecule has 0 nitrogen and oxygen atoms in total. The minimum atomic E-state index is -1.73. The summed E-state index contributed by atoms with van der Waals surface area (Å²) in [4.78, 5) is 0. The van der Waals surface area contributed by atoms with Crippen molar-refractivity contribution in [3.63, 3.8) is 0 Å². The molecule has 0 aliphatic heterocycles. The molecule has 3 rings (SSSR count). The molecule has 2 heteroatoms. The molecular weight excluding hydrogens is 403 g/mol. The van der Waals surface area contributed by atoms with Crippen LogP contribution in [0, 0.1) is 5.92 Å². The zero-order valence-electron chi connectivity index (χ0n) is 18.5. The van der Waals surface area contributed by atoms with Crippen molar-refractivity contribution in [1.82, 2.24) is 0 Å². The normalized spacial score (nSPS) is 11.9. The van der Waals surface area contributed by atoms with E-state index in [0.29, 0.717) is 0 Å². The maximum absolute atomic E-state index is 2.53. The highest BCUT2D eigenvalue weighted by Crippen LogP contribution is 2.55. The molecule has 0 aliphatic rings. The largest absolute Gasteiger partial charge is 1.00 e. The lowest BCUT2D eigenvalue weighted by Gasteiger charge is -2.27. The molecule has 0 aromatic heterocycles. The Hall–Kier alpha value is -1.88. The van der Waals surface area contributed by atoms with Crippen LogP contribution in [0.15, 0.2) is 103 Å². The lowest BCUT2D eigenvalue weighted by Crippen LogP contribution is -3.00. The van der Waals surface area contributed by atoms with Gasteiger partial charge in [-0.3, -0.25) is 0 Å². The number of hydrogen-bond donors (Lipinski definition) is 0. The van der Waals surface area contributed by atoms with Gasteiger partial charge in [0.15, 0.2) is 0 Å². The van der Waals surface area contributed by atoms with Crippen molar-refractivity contribution in [1.29, 1.82) is 0 Å². The second kappa shape index (κ2) is 12.1. The van der Waals surface area contributed by atoms with Crippen LogP contribution in [0.4, 0.5) is 0 Å². The van der Waals surface area contributed by atoms with E-state index in [0.717, 1.165) is 12.1 Å². The van der Waals surface area contributed by atoms with Gasteiger partial charge in [0.05, 0.1) is 6.16 Å². The Morgan fingerprint density at radius 3 is 1.50 bits per heavy atom. The van der Waals surface area contributed by atoms with Gasteiger partial charge in [-0.1, -0.05) is 80.4 Å². The fraction of sp³-hybridized carbons (Fsp3) is 0.286. The molecule has 0 unspecified atom stereocenters. The van der Waals surface area contributed by atoms with E-state index in [1.807, 2.05) is 0 Å². The van der Waals surface area contributed by atoms with Crippen molar-refractivity contribution in [2.75, 3.05) is 6.16 Å². The van der Waals surface area contributed by atoms with E-state index in [1.54, 1.807) is 0 Å². The van der Waals surface area contributed by atoms with Crippen molar-refractivity contribution in [3.8, 4) is 0 Å². The summed E-state index contributed by atoms with van der Waals surface area (Å²) >= 11 is 0. The Morgan fingerprint density at radius 2 is 1.13 bits per heavy atom. The quantitative estimate of drug-likeness (QED) is 0.354. The Labute approximate surface area is 190 Å². The standard InChI is InChI=1S/C28H34P.ClH/c1-24(2)14-13-15-25(3)22-23-29(26-16-7-4-8-17-26,27-18-9-5-10-19-27)28-20-11-6-12-21-28;/h4-12,16-22,24H,13-15,23H2,1-3H3;1H/q+1;/p-1. The highest BCUT2D eigenvalue weighted by molar-refractivity contribution is 7.95. The third kappa shape index (κ3) is 6.07. The highest BCUT2D eigenvalue weighted by atomic mass is 35.5. The lowest BCUT2D eigenvalue weighted by atomic mass is 10.0. The fourth-order valence-electron chi connectivity index (χ4n) is 3.99. The topological polar surface area (TPSA) is 0 Å². The van der Waals surface area contributed by atoms with E-state index < -0.39 is 7.26 Å². The predicted octanol–water partition coefficient (Wildman–Crippen LogP) is 3.76. The Kier molecular flexibility index (Phi) is 9.83. The van der Waals surface area contributed by atoms with Crippen LogP contribution in [-0.2, 0) is 0 Å². The first-order chi connectivity index (χ1) is 14.1. The second-order valence-electron chi connectivity index (χ2n) is 8.34. The average Bonchev–Trinajstić information content (AvgIpc) is 2.76. The van der Waals surface area contributed by atoms with Crippen LogP contribution in [-0.4, -0.2) is 6.16 Å². The van der Waals surface area contributed by atoms with Crippen molar-refractivity contribution in [2.45, 2.75) is 40.0 Å². The number of halogens is 1. The van der Waals surface area contributed by atoms with Crippen molar-refractivity contribution in [2.24, 2.45) is 5.92 Å². The van der Waals surface area contributed by atoms with Crippen LogP contribution in [0.25, 0.3) is 0 Å². The molecule has 30 heavy (non-hydrogen) atoms. The molecule has 0 heterocycles. The molecule has 0 bridgehead atoms. The minimum Gasteiger partial charge on any atom is -1.00 e. The molecule has 0 fully saturated rings. The van der Waals surface area contributed by atoms with E-state index in [2.05, 4.69) is 118 Å². The number of benzene rings is 3. The summed E-state index contributed by atoms with van der Waals surface area (Å²) in [6, 6.07) is 33.5. The van der Waals surface area contributed by atoms with E-state index in [4.69, 9.17) is 0 Å². The fourth-order valence-corrected chi connectivity index (χ4v) is 8.15. The smallest absolute Gasteiger partial charge is 0.115 e. The molecule has 0 saturated heterocycles. The first kappa shape index (κ1) is 24.4. The second-order valence-corrected chi connectivity index (χ2v) is 11.9. The Balaban J connectivity index is 0.00000320. The predicted molar refractivity (Wildman–Crippen MR) is 132 cm³/mol. The zero-order chi connectivity index (χ0) is 20.5. The van der Waals surface area contributed by atoms with Crippen LogP contribution in [0.1, 0.15) is 40.0 Å². The molecule has 0 saturated carbocycles. The summed E-state index contributed by atoms with van der Waals surface area (Å²) < 4.78 is 0. The van der Waals surface area contributed by atoms with Gasteiger partial charge in [0, 0.05) is 0 Å². The monoisotopic (exact) mass is 436 g/mol. The molecule has 0 amide bonds. The Morgan fingerprint density at radius 1 is 0.733 bits per heavy atom. The lowest BCUT2D eigenvalue weighted by molar-refractivity contribution is -0.00000606. The summed E-state index contributed by atoms with van der Waals surface area (Å²) in [5.74, 6) is 0.785. The minimum absolute atomic E-state index is 0. The van der Waals surface area contributed by atoms with Gasteiger partial charge in [-0.05, 0) is 68.2 Å². The zero-order valence-corrected chi connectivity index (χ0v) is 20.1. The molecule has 0 N–H and O–H groups in total. The summed E-state index contributed by atoms with van der Waals surface area (Å²) in [7, 11) is -1.73. The van der Waals surface area contributed by atoms with E-state index in [-0.39, 0.29) is 12.4 Å². The summed E-state index contributed by atoms with van der Waals surface area (Å²) in [5, 5.41) is 4.39. The highest BCUT2D eigenvalue weighted by Gasteiger charge is 2.44. The Bertz CT molecular complexity index is 789. The van der Waals surface area contributed by atoms with Gasteiger partial charge in [-0.2, -0.15) is 0 Å². The van der Waals surface area contributed by atoms with Gasteiger partial charge >= 0.3 is 0 Å². The van der Waals surface area contributed by atoms with Crippen LogP contribution in [0.3, 0.4) is 0 Å². The SMILES string of the molecule is CC(=CC[P+](c1ccccc1)(c1ccccc1)c1ccccc1)CCCC(C)C.[Cl-]. The molecule has 0 spiro atoms. The third-order valence-corrected chi connectivity index (χ3v) is 9.93. The maximum Gasteiger partial charge on any atom is 0.115 e. The van der Waals surface area contributed by atoms with Crippen LogP contribution in [0.5, 0.6) is 0 Å². The van der Waals surface area contributed by atoms with Gasteiger partial charge < -0.3 is 12.4 Å². The molecule has 0 radical (unpaired) electrons. The van der Waals surface area contributed by atoms with E-state index in [9.17, 15) is 0 Å². The number of rotatable bonds is 9. The van der Waals surface area contributed by atoms with Crippen molar-refractivity contribution < 1.29 is 12.4 Å². The number of hydrogen-bond acceptors (Lipinski definition) is 0. The van der Waals surface area contributed by atoms with Crippen molar-refractivity contribution in [3.05, 3.63) is 103 Å². The average molecular weight is 437 g/mol. The van der Waals surface area contributed by atoms with E-state index >= 15 is 0 Å². The van der Waals surface area contributed by atoms with Crippen LogP contribution < -0.4 is 28.3 Å². The summed E-state index contributed by atoms with van der Waals surface area (Å²) in [6.45, 7) is 6.95. The molecule has 0 aliphatic carbocycles. The maximum atomic E-state index is 2.53. The van der Waals surface area contributed by atoms with Gasteiger partial charge in [0.1, 0.15) is 23.2 Å². The van der Waals surface area contributed by atoms with Crippen LogP contribution >= 0.6 is 7.26 Å². The first-order valence-corrected chi connectivity index (χ1v) is 12.8.